The molecule has 0 bridgehead atoms. The molecule has 0 fully saturated rings. The fourth-order valence-corrected chi connectivity index (χ4v) is 2.91. The van der Waals surface area contributed by atoms with E-state index in [1.807, 2.05) is 0 Å². The van der Waals surface area contributed by atoms with Crippen molar-refractivity contribution in [3.8, 4) is 0 Å². The van der Waals surface area contributed by atoms with Crippen LogP contribution in [0.5, 0.6) is 0 Å². The van der Waals surface area contributed by atoms with Crippen LogP contribution in [0, 0.1) is 5.92 Å². The minimum atomic E-state index is -0.0514. The molecule has 2 rings (SSSR count). The molecule has 0 aromatic heterocycles. The molecule has 2 N–H and O–H groups in total. The Hall–Kier alpha value is -1.02. The van der Waals surface area contributed by atoms with Gasteiger partial charge in [0.15, 0.2) is 0 Å². The second-order valence-electron chi connectivity index (χ2n) is 5.89. The van der Waals surface area contributed by atoms with Crippen LogP contribution in [0.3, 0.4) is 0 Å². The Labute approximate surface area is 111 Å². The molecule has 0 saturated heterocycles. The molecule has 1 aliphatic rings. The van der Waals surface area contributed by atoms with Gasteiger partial charge in [-0.15, -0.1) is 0 Å². The second kappa shape index (κ2) is 5.31. The maximum absolute atomic E-state index is 6.49. The lowest BCUT2D eigenvalue weighted by Gasteiger charge is -2.40. The van der Waals surface area contributed by atoms with Gasteiger partial charge in [0.2, 0.25) is 0 Å². The van der Waals surface area contributed by atoms with Gasteiger partial charge in [-0.25, -0.2) is 0 Å². The van der Waals surface area contributed by atoms with Crippen LogP contribution >= 0.6 is 0 Å². The molecule has 0 aliphatic carbocycles. The molecule has 0 radical (unpaired) electrons. The van der Waals surface area contributed by atoms with Gasteiger partial charge < -0.3 is 10.6 Å². The number of hydrogen-bond acceptors (Lipinski definition) is 2. The molecule has 0 amide bonds. The SMILES string of the molecule is CCC(N)(CC)CN1CC(C)Cc2ccccc21. The summed E-state index contributed by atoms with van der Waals surface area (Å²) in [6.07, 6.45) is 3.27. The third-order valence-corrected chi connectivity index (χ3v) is 4.35. The van der Waals surface area contributed by atoms with Gasteiger partial charge in [-0.05, 0) is 36.8 Å². The first-order valence-corrected chi connectivity index (χ1v) is 7.19. The number of para-hydroxylation sites is 1. The van der Waals surface area contributed by atoms with Gasteiger partial charge in [-0.3, -0.25) is 0 Å². The zero-order valence-corrected chi connectivity index (χ0v) is 11.9. The summed E-state index contributed by atoms with van der Waals surface area (Å²) in [6, 6.07) is 8.78. The average molecular weight is 246 g/mol. The molecular formula is C16H26N2. The van der Waals surface area contributed by atoms with E-state index in [2.05, 4.69) is 49.9 Å². The molecule has 1 aliphatic heterocycles. The minimum absolute atomic E-state index is 0.0514. The highest BCUT2D eigenvalue weighted by Gasteiger charge is 2.28. The molecule has 2 nitrogen and oxygen atoms in total. The Kier molecular flexibility index (Phi) is 3.96. The van der Waals surface area contributed by atoms with E-state index in [9.17, 15) is 0 Å². The van der Waals surface area contributed by atoms with E-state index in [1.54, 1.807) is 0 Å². The summed E-state index contributed by atoms with van der Waals surface area (Å²) in [7, 11) is 0. The quantitative estimate of drug-likeness (QED) is 0.884. The summed E-state index contributed by atoms with van der Waals surface area (Å²) >= 11 is 0. The Morgan fingerprint density at radius 2 is 1.94 bits per heavy atom. The standard InChI is InChI=1S/C16H26N2/c1-4-16(17,5-2)12-18-11-13(3)10-14-8-6-7-9-15(14)18/h6-9,13H,4-5,10-12,17H2,1-3H3. The molecule has 0 spiro atoms. The Balaban J connectivity index is 2.24. The van der Waals surface area contributed by atoms with E-state index < -0.39 is 0 Å². The Morgan fingerprint density at radius 1 is 1.28 bits per heavy atom. The largest absolute Gasteiger partial charge is 0.369 e. The molecule has 100 valence electrons. The number of anilines is 1. The van der Waals surface area contributed by atoms with E-state index in [0.29, 0.717) is 0 Å². The van der Waals surface area contributed by atoms with Gasteiger partial charge in [0, 0.05) is 24.3 Å². The van der Waals surface area contributed by atoms with Gasteiger partial charge in [-0.2, -0.15) is 0 Å². The molecular weight excluding hydrogens is 220 g/mol. The Bertz CT molecular complexity index is 396. The van der Waals surface area contributed by atoms with Crippen molar-refractivity contribution >= 4 is 5.69 Å². The maximum Gasteiger partial charge on any atom is 0.0399 e. The monoisotopic (exact) mass is 246 g/mol. The number of hydrogen-bond donors (Lipinski definition) is 1. The maximum atomic E-state index is 6.49. The average Bonchev–Trinajstić information content (AvgIpc) is 2.38. The van der Waals surface area contributed by atoms with E-state index in [-0.39, 0.29) is 5.54 Å². The molecule has 2 heteroatoms. The van der Waals surface area contributed by atoms with E-state index in [1.165, 1.54) is 17.7 Å². The zero-order chi connectivity index (χ0) is 13.2. The van der Waals surface area contributed by atoms with Crippen molar-refractivity contribution in [3.63, 3.8) is 0 Å². The normalized spacial score (nSPS) is 19.8. The lowest BCUT2D eigenvalue weighted by molar-refractivity contribution is 0.378. The predicted molar refractivity (Wildman–Crippen MR) is 79.0 cm³/mol. The highest BCUT2D eigenvalue weighted by molar-refractivity contribution is 5.56. The summed E-state index contributed by atoms with van der Waals surface area (Å²) in [5, 5.41) is 0. The van der Waals surface area contributed by atoms with Crippen molar-refractivity contribution in [1.82, 2.24) is 0 Å². The summed E-state index contributed by atoms with van der Waals surface area (Å²) in [6.45, 7) is 8.84. The summed E-state index contributed by atoms with van der Waals surface area (Å²) in [5.41, 5.74) is 9.31. The number of nitrogens with zero attached hydrogens (tertiary/aromatic N) is 1. The molecule has 1 unspecified atom stereocenters. The van der Waals surface area contributed by atoms with E-state index in [0.717, 1.165) is 31.8 Å². The molecule has 1 heterocycles. The van der Waals surface area contributed by atoms with Gasteiger partial charge in [0.25, 0.3) is 0 Å². The van der Waals surface area contributed by atoms with Crippen molar-refractivity contribution in [2.75, 3.05) is 18.0 Å². The van der Waals surface area contributed by atoms with Crippen molar-refractivity contribution in [2.24, 2.45) is 11.7 Å². The first kappa shape index (κ1) is 13.4. The van der Waals surface area contributed by atoms with Crippen molar-refractivity contribution in [1.29, 1.82) is 0 Å². The highest BCUT2D eigenvalue weighted by atomic mass is 15.2. The fraction of sp³-hybridized carbons (Fsp3) is 0.625. The van der Waals surface area contributed by atoms with Crippen LogP contribution in [0.2, 0.25) is 0 Å². The van der Waals surface area contributed by atoms with Crippen LogP contribution < -0.4 is 10.6 Å². The van der Waals surface area contributed by atoms with E-state index >= 15 is 0 Å². The predicted octanol–water partition coefficient (Wildman–Crippen LogP) is 3.20. The minimum Gasteiger partial charge on any atom is -0.369 e. The number of nitrogens with two attached hydrogens (primary N) is 1. The summed E-state index contributed by atoms with van der Waals surface area (Å²) in [4.78, 5) is 2.50. The molecule has 1 aromatic carbocycles. The van der Waals surface area contributed by atoms with Crippen LogP contribution in [0.15, 0.2) is 24.3 Å². The summed E-state index contributed by atoms with van der Waals surface area (Å²) in [5.74, 6) is 0.720. The Morgan fingerprint density at radius 3 is 2.61 bits per heavy atom. The molecule has 0 saturated carbocycles. The number of fused-ring (bicyclic) bond motifs is 1. The van der Waals surface area contributed by atoms with Gasteiger partial charge in [0.1, 0.15) is 0 Å². The van der Waals surface area contributed by atoms with Gasteiger partial charge in [-0.1, -0.05) is 39.0 Å². The van der Waals surface area contributed by atoms with Crippen molar-refractivity contribution in [3.05, 3.63) is 29.8 Å². The number of benzene rings is 1. The van der Waals surface area contributed by atoms with Gasteiger partial charge in [0.05, 0.1) is 0 Å². The smallest absolute Gasteiger partial charge is 0.0399 e. The zero-order valence-electron chi connectivity index (χ0n) is 11.9. The first-order valence-electron chi connectivity index (χ1n) is 7.19. The fourth-order valence-electron chi connectivity index (χ4n) is 2.91. The van der Waals surface area contributed by atoms with Crippen LogP contribution in [0.25, 0.3) is 0 Å². The highest BCUT2D eigenvalue weighted by Crippen LogP contribution is 2.31. The summed E-state index contributed by atoms with van der Waals surface area (Å²) < 4.78 is 0. The topological polar surface area (TPSA) is 29.3 Å². The van der Waals surface area contributed by atoms with Crippen molar-refractivity contribution in [2.45, 2.75) is 45.6 Å². The lowest BCUT2D eigenvalue weighted by Crippen LogP contribution is -2.51. The van der Waals surface area contributed by atoms with Gasteiger partial charge >= 0.3 is 0 Å². The molecule has 1 atom stereocenters. The van der Waals surface area contributed by atoms with Crippen LogP contribution in [0.4, 0.5) is 5.69 Å². The van der Waals surface area contributed by atoms with E-state index in [4.69, 9.17) is 5.73 Å². The van der Waals surface area contributed by atoms with Crippen LogP contribution in [0.1, 0.15) is 39.2 Å². The molecule has 1 aromatic rings. The third kappa shape index (κ3) is 2.69. The van der Waals surface area contributed by atoms with Crippen molar-refractivity contribution < 1.29 is 0 Å². The first-order chi connectivity index (χ1) is 8.58. The number of rotatable bonds is 4. The molecule has 18 heavy (non-hydrogen) atoms. The van der Waals surface area contributed by atoms with Crippen LogP contribution in [-0.4, -0.2) is 18.6 Å². The lowest BCUT2D eigenvalue weighted by atomic mass is 9.89. The van der Waals surface area contributed by atoms with Crippen LogP contribution in [-0.2, 0) is 6.42 Å². The second-order valence-corrected chi connectivity index (χ2v) is 5.89. The third-order valence-electron chi connectivity index (χ3n) is 4.35.